The van der Waals surface area contributed by atoms with Crippen LogP contribution in [0.4, 0.5) is 5.69 Å². The summed E-state index contributed by atoms with van der Waals surface area (Å²) < 4.78 is 56.3. The van der Waals surface area contributed by atoms with E-state index in [0.29, 0.717) is 17.2 Å². The van der Waals surface area contributed by atoms with Gasteiger partial charge in [-0.05, 0) is 43.2 Å². The molecular formula is C27H29N3O8S. The van der Waals surface area contributed by atoms with Crippen LogP contribution in [0.15, 0.2) is 53.6 Å². The van der Waals surface area contributed by atoms with Crippen LogP contribution in [0, 0.1) is 0 Å². The van der Waals surface area contributed by atoms with E-state index in [1.165, 1.54) is 38.6 Å². The molecule has 5 rings (SSSR count). The first kappa shape index (κ1) is 26.4. The molecule has 1 aliphatic heterocycles. The maximum atomic E-state index is 13.9. The van der Waals surface area contributed by atoms with Crippen molar-refractivity contribution in [2.24, 2.45) is 0 Å². The lowest BCUT2D eigenvalue weighted by atomic mass is 10.1. The summed E-state index contributed by atoms with van der Waals surface area (Å²) in [6.07, 6.45) is 2.87. The average Bonchev–Trinajstić information content (AvgIpc) is 3.75. The summed E-state index contributed by atoms with van der Waals surface area (Å²) in [6, 6.07) is 11.3. The SMILES string of the molecule is COc1ccc(CN2C(=O)c3cc(NS(=O)(=O)c4cc(OC)ccc4OC)cnc3OCC23CC3)c(OC)c1. The molecule has 39 heavy (non-hydrogen) atoms. The number of fused-ring (bicyclic) bond motifs is 1. The molecule has 1 aliphatic carbocycles. The van der Waals surface area contributed by atoms with E-state index in [0.717, 1.165) is 18.4 Å². The highest BCUT2D eigenvalue weighted by Crippen LogP contribution is 2.47. The molecular weight excluding hydrogens is 526 g/mol. The fraction of sp³-hybridized carbons (Fsp3) is 0.333. The van der Waals surface area contributed by atoms with Crippen LogP contribution in [-0.4, -0.2) is 64.8 Å². The Kier molecular flexibility index (Phi) is 6.89. The maximum absolute atomic E-state index is 13.9. The zero-order chi connectivity index (χ0) is 27.8. The van der Waals surface area contributed by atoms with Crippen molar-refractivity contribution in [3.8, 4) is 28.9 Å². The Balaban J connectivity index is 1.47. The highest BCUT2D eigenvalue weighted by Gasteiger charge is 2.53. The van der Waals surface area contributed by atoms with Crippen molar-refractivity contribution in [3.05, 3.63) is 59.8 Å². The van der Waals surface area contributed by atoms with Crippen molar-refractivity contribution in [1.29, 1.82) is 0 Å². The number of aromatic nitrogens is 1. The van der Waals surface area contributed by atoms with Crippen molar-refractivity contribution < 1.29 is 36.9 Å². The number of benzene rings is 2. The molecule has 1 aromatic heterocycles. The van der Waals surface area contributed by atoms with Crippen LogP contribution in [0.5, 0.6) is 28.9 Å². The number of carbonyl (C=O) groups is 1. The topological polar surface area (TPSA) is 126 Å². The highest BCUT2D eigenvalue weighted by atomic mass is 32.2. The Morgan fingerprint density at radius 1 is 0.949 bits per heavy atom. The number of pyridine rings is 1. The van der Waals surface area contributed by atoms with Gasteiger partial charge in [-0.2, -0.15) is 0 Å². The van der Waals surface area contributed by atoms with Gasteiger partial charge < -0.3 is 28.6 Å². The molecule has 2 aliphatic rings. The van der Waals surface area contributed by atoms with Gasteiger partial charge in [0.2, 0.25) is 5.88 Å². The summed E-state index contributed by atoms with van der Waals surface area (Å²) in [5.41, 5.74) is 0.584. The summed E-state index contributed by atoms with van der Waals surface area (Å²) in [7, 11) is 1.83. The van der Waals surface area contributed by atoms with E-state index in [2.05, 4.69) is 9.71 Å². The molecule has 0 saturated heterocycles. The van der Waals surface area contributed by atoms with Crippen LogP contribution in [0.1, 0.15) is 28.8 Å². The molecule has 11 nitrogen and oxygen atoms in total. The zero-order valence-corrected chi connectivity index (χ0v) is 22.8. The molecule has 0 bridgehead atoms. The van der Waals surface area contributed by atoms with Gasteiger partial charge in [0.1, 0.15) is 40.1 Å². The first-order valence-electron chi connectivity index (χ1n) is 12.1. The second-order valence-electron chi connectivity index (χ2n) is 9.28. The molecule has 1 N–H and O–H groups in total. The van der Waals surface area contributed by atoms with E-state index in [9.17, 15) is 13.2 Å². The molecule has 1 saturated carbocycles. The molecule has 1 spiro atoms. The number of anilines is 1. The van der Waals surface area contributed by atoms with E-state index in [4.69, 9.17) is 23.7 Å². The fourth-order valence-corrected chi connectivity index (χ4v) is 5.79. The zero-order valence-electron chi connectivity index (χ0n) is 22.0. The number of nitrogens with zero attached hydrogens (tertiary/aromatic N) is 2. The van der Waals surface area contributed by atoms with Crippen LogP contribution in [-0.2, 0) is 16.6 Å². The Labute approximate surface area is 226 Å². The van der Waals surface area contributed by atoms with Gasteiger partial charge in [0, 0.05) is 17.7 Å². The lowest BCUT2D eigenvalue weighted by Crippen LogP contribution is -2.43. The molecule has 2 heterocycles. The first-order valence-corrected chi connectivity index (χ1v) is 13.6. The van der Waals surface area contributed by atoms with Crippen LogP contribution in [0.25, 0.3) is 0 Å². The Hall–Kier alpha value is -4.19. The minimum absolute atomic E-state index is 0.101. The Bertz CT molecular complexity index is 1520. The van der Waals surface area contributed by atoms with Crippen molar-refractivity contribution in [3.63, 3.8) is 0 Å². The maximum Gasteiger partial charge on any atom is 0.265 e. The quantitative estimate of drug-likeness (QED) is 0.422. The molecule has 0 unspecified atom stereocenters. The van der Waals surface area contributed by atoms with E-state index in [1.807, 2.05) is 12.1 Å². The van der Waals surface area contributed by atoms with Gasteiger partial charge in [-0.25, -0.2) is 13.4 Å². The van der Waals surface area contributed by atoms with Crippen LogP contribution >= 0.6 is 0 Å². The minimum Gasteiger partial charge on any atom is -0.497 e. The minimum atomic E-state index is -4.12. The number of ether oxygens (including phenoxy) is 5. The van der Waals surface area contributed by atoms with Crippen LogP contribution in [0.3, 0.4) is 0 Å². The third-order valence-electron chi connectivity index (χ3n) is 6.94. The summed E-state index contributed by atoms with van der Waals surface area (Å²) in [5.74, 6) is 1.55. The van der Waals surface area contributed by atoms with Crippen molar-refractivity contribution >= 4 is 21.6 Å². The Morgan fingerprint density at radius 2 is 1.64 bits per heavy atom. The predicted octanol–water partition coefficient (Wildman–Crippen LogP) is 3.48. The number of methoxy groups -OCH3 is 4. The van der Waals surface area contributed by atoms with E-state index in [1.54, 1.807) is 31.3 Å². The number of hydrogen-bond acceptors (Lipinski definition) is 9. The lowest BCUT2D eigenvalue weighted by molar-refractivity contribution is 0.0591. The van der Waals surface area contributed by atoms with Gasteiger partial charge in [-0.15, -0.1) is 0 Å². The molecule has 0 radical (unpaired) electrons. The van der Waals surface area contributed by atoms with Crippen LogP contribution in [0.2, 0.25) is 0 Å². The number of sulfonamides is 1. The van der Waals surface area contributed by atoms with E-state index < -0.39 is 15.6 Å². The van der Waals surface area contributed by atoms with Crippen molar-refractivity contribution in [2.45, 2.75) is 29.8 Å². The lowest BCUT2D eigenvalue weighted by Gasteiger charge is -2.30. The number of amides is 1. The standard InChI is InChI=1S/C27H29N3O8S/c1-34-19-6-5-17(23(12-19)37-4)15-30-26(31)21-11-18(14-28-25(21)38-16-27(30)9-10-27)29-39(32,33)24-13-20(35-2)7-8-22(24)36-3/h5-8,11-14,29H,9-10,15-16H2,1-4H3. The second-order valence-corrected chi connectivity index (χ2v) is 10.9. The van der Waals surface area contributed by atoms with E-state index >= 15 is 0 Å². The van der Waals surface area contributed by atoms with Gasteiger partial charge in [0.05, 0.1) is 52.4 Å². The number of nitrogens with one attached hydrogen (secondary N) is 1. The third-order valence-corrected chi connectivity index (χ3v) is 8.34. The number of hydrogen-bond donors (Lipinski definition) is 1. The monoisotopic (exact) mass is 555 g/mol. The Morgan fingerprint density at radius 3 is 2.31 bits per heavy atom. The van der Waals surface area contributed by atoms with Crippen molar-refractivity contribution in [2.75, 3.05) is 39.8 Å². The van der Waals surface area contributed by atoms with Gasteiger partial charge in [-0.1, -0.05) is 0 Å². The smallest absolute Gasteiger partial charge is 0.265 e. The van der Waals surface area contributed by atoms with Gasteiger partial charge in [0.15, 0.2) is 0 Å². The summed E-state index contributed by atoms with van der Waals surface area (Å²) in [5, 5.41) is 0. The summed E-state index contributed by atoms with van der Waals surface area (Å²) in [4.78, 5) is 19.8. The van der Waals surface area contributed by atoms with Crippen LogP contribution < -0.4 is 28.4 Å². The van der Waals surface area contributed by atoms with Gasteiger partial charge in [0.25, 0.3) is 15.9 Å². The number of carbonyl (C=O) groups excluding carboxylic acids is 1. The molecule has 1 fully saturated rings. The third kappa shape index (κ3) is 4.99. The van der Waals surface area contributed by atoms with Gasteiger partial charge >= 0.3 is 0 Å². The molecule has 1 amide bonds. The predicted molar refractivity (Wildman–Crippen MR) is 141 cm³/mol. The molecule has 3 aromatic rings. The largest absolute Gasteiger partial charge is 0.497 e. The normalized spacial score (nSPS) is 15.6. The summed E-state index contributed by atoms with van der Waals surface area (Å²) in [6.45, 7) is 0.551. The number of rotatable bonds is 9. The fourth-order valence-electron chi connectivity index (χ4n) is 4.57. The summed E-state index contributed by atoms with van der Waals surface area (Å²) >= 11 is 0. The van der Waals surface area contributed by atoms with Crippen molar-refractivity contribution in [1.82, 2.24) is 9.88 Å². The molecule has 12 heteroatoms. The molecule has 2 aromatic carbocycles. The van der Waals surface area contributed by atoms with Gasteiger partial charge in [-0.3, -0.25) is 9.52 Å². The molecule has 0 atom stereocenters. The highest BCUT2D eigenvalue weighted by molar-refractivity contribution is 7.92. The second kappa shape index (κ2) is 10.2. The van der Waals surface area contributed by atoms with E-state index in [-0.39, 0.29) is 46.8 Å². The first-order chi connectivity index (χ1) is 18.7. The average molecular weight is 556 g/mol. The molecule has 206 valence electrons.